The number of hydrogen-bond donors (Lipinski definition) is 1. The van der Waals surface area contributed by atoms with E-state index in [4.69, 9.17) is 5.73 Å². The first kappa shape index (κ1) is 15.1. The van der Waals surface area contributed by atoms with Gasteiger partial charge in [-0.3, -0.25) is 4.90 Å². The summed E-state index contributed by atoms with van der Waals surface area (Å²) in [5.74, 6) is 0. The van der Waals surface area contributed by atoms with E-state index in [-0.39, 0.29) is 12.5 Å². The molecule has 0 aromatic heterocycles. The number of alkyl halides is 3. The number of aryl methyl sites for hydroxylation is 1. The van der Waals surface area contributed by atoms with Gasteiger partial charge >= 0.3 is 6.18 Å². The van der Waals surface area contributed by atoms with Crippen LogP contribution in [0.4, 0.5) is 13.2 Å². The maximum atomic E-state index is 12.6. The lowest BCUT2D eigenvalue weighted by Crippen LogP contribution is -2.38. The first-order valence-corrected chi connectivity index (χ1v) is 6.69. The van der Waals surface area contributed by atoms with Crippen molar-refractivity contribution in [2.45, 2.75) is 25.6 Å². The van der Waals surface area contributed by atoms with E-state index in [1.165, 1.54) is 6.08 Å². The van der Waals surface area contributed by atoms with Crippen LogP contribution < -0.4 is 5.73 Å². The van der Waals surface area contributed by atoms with Crippen molar-refractivity contribution in [2.24, 2.45) is 5.73 Å². The topological polar surface area (TPSA) is 29.3 Å². The number of benzene rings is 1. The van der Waals surface area contributed by atoms with Crippen LogP contribution in [0.3, 0.4) is 0 Å². The van der Waals surface area contributed by atoms with Crippen molar-refractivity contribution in [3.05, 3.63) is 47.0 Å². The highest BCUT2D eigenvalue weighted by atomic mass is 19.4. The molecule has 110 valence electrons. The molecule has 0 aliphatic carbocycles. The molecule has 1 atom stereocenters. The van der Waals surface area contributed by atoms with E-state index < -0.39 is 11.7 Å². The molecule has 1 heterocycles. The van der Waals surface area contributed by atoms with Crippen molar-refractivity contribution in [3.63, 3.8) is 0 Å². The van der Waals surface area contributed by atoms with Crippen LogP contribution in [0.25, 0.3) is 0 Å². The van der Waals surface area contributed by atoms with Gasteiger partial charge in [-0.15, -0.1) is 0 Å². The molecule has 2 rings (SSSR count). The van der Waals surface area contributed by atoms with Gasteiger partial charge in [-0.1, -0.05) is 30.3 Å². The quantitative estimate of drug-likeness (QED) is 0.864. The van der Waals surface area contributed by atoms with Crippen molar-refractivity contribution in [1.82, 2.24) is 4.90 Å². The summed E-state index contributed by atoms with van der Waals surface area (Å²) in [4.78, 5) is 2.01. The Bertz CT molecular complexity index is 494. The molecule has 0 saturated carbocycles. The number of hydrogen-bond acceptors (Lipinski definition) is 2. The third kappa shape index (κ3) is 3.22. The normalized spacial score (nSPS) is 18.8. The summed E-state index contributed by atoms with van der Waals surface area (Å²) in [6.45, 7) is 3.09. The largest absolute Gasteiger partial charge is 0.412 e. The second-order valence-electron chi connectivity index (χ2n) is 5.08. The van der Waals surface area contributed by atoms with Gasteiger partial charge in [0, 0.05) is 31.2 Å². The molecular weight excluding hydrogens is 265 g/mol. The average Bonchev–Trinajstić information content (AvgIpc) is 2.41. The number of nitrogens with two attached hydrogens (primary N) is 1. The Labute approximate surface area is 117 Å². The maximum Gasteiger partial charge on any atom is 0.412 e. The molecule has 1 unspecified atom stereocenters. The van der Waals surface area contributed by atoms with Gasteiger partial charge in [-0.05, 0) is 24.5 Å². The van der Waals surface area contributed by atoms with Gasteiger partial charge in [0.15, 0.2) is 0 Å². The summed E-state index contributed by atoms with van der Waals surface area (Å²) in [5.41, 5.74) is 7.63. The predicted octanol–water partition coefficient (Wildman–Crippen LogP) is 3.19. The van der Waals surface area contributed by atoms with Gasteiger partial charge in [0.05, 0.1) is 0 Å². The fourth-order valence-electron chi connectivity index (χ4n) is 2.66. The monoisotopic (exact) mass is 284 g/mol. The van der Waals surface area contributed by atoms with Gasteiger partial charge in [0.1, 0.15) is 0 Å². The third-order valence-electron chi connectivity index (χ3n) is 3.82. The molecule has 0 amide bonds. The van der Waals surface area contributed by atoms with Gasteiger partial charge in [-0.2, -0.15) is 13.2 Å². The molecule has 0 bridgehead atoms. The zero-order valence-electron chi connectivity index (χ0n) is 11.5. The first-order chi connectivity index (χ1) is 9.43. The third-order valence-corrected chi connectivity index (χ3v) is 3.82. The Balaban J connectivity index is 2.16. The van der Waals surface area contributed by atoms with Crippen molar-refractivity contribution >= 4 is 0 Å². The van der Waals surface area contributed by atoms with E-state index in [2.05, 4.69) is 0 Å². The van der Waals surface area contributed by atoms with E-state index in [9.17, 15) is 13.2 Å². The molecule has 1 aromatic rings. The minimum atomic E-state index is -4.20. The molecule has 2 nitrogen and oxygen atoms in total. The van der Waals surface area contributed by atoms with Crippen LogP contribution in [0.15, 0.2) is 35.9 Å². The summed E-state index contributed by atoms with van der Waals surface area (Å²) in [7, 11) is 0. The molecule has 5 heteroatoms. The smallest absolute Gasteiger partial charge is 0.329 e. The highest BCUT2D eigenvalue weighted by Gasteiger charge is 2.35. The van der Waals surface area contributed by atoms with E-state index in [0.29, 0.717) is 19.6 Å². The molecule has 1 aliphatic heterocycles. The second kappa shape index (κ2) is 5.97. The Kier molecular flexibility index (Phi) is 4.50. The summed E-state index contributed by atoms with van der Waals surface area (Å²) >= 11 is 0. The van der Waals surface area contributed by atoms with E-state index in [0.717, 1.165) is 11.1 Å². The predicted molar refractivity (Wildman–Crippen MR) is 73.3 cm³/mol. The van der Waals surface area contributed by atoms with Crippen molar-refractivity contribution in [1.29, 1.82) is 0 Å². The molecule has 2 N–H and O–H groups in total. The van der Waals surface area contributed by atoms with Crippen LogP contribution in [0.1, 0.15) is 23.6 Å². The SMILES string of the molecule is Cc1ccccc1C(CN)N1CC=C(C(F)(F)F)CC1. The van der Waals surface area contributed by atoms with Crippen LogP contribution in [-0.4, -0.2) is 30.7 Å². The Morgan fingerprint density at radius 3 is 2.50 bits per heavy atom. The maximum absolute atomic E-state index is 12.6. The van der Waals surface area contributed by atoms with Crippen molar-refractivity contribution < 1.29 is 13.2 Å². The van der Waals surface area contributed by atoms with Crippen LogP contribution in [0.2, 0.25) is 0 Å². The summed E-state index contributed by atoms with van der Waals surface area (Å²) in [6, 6.07) is 7.85. The minimum Gasteiger partial charge on any atom is -0.329 e. The van der Waals surface area contributed by atoms with Crippen LogP contribution in [0.5, 0.6) is 0 Å². The molecule has 0 spiro atoms. The van der Waals surface area contributed by atoms with Gasteiger partial charge in [0.2, 0.25) is 0 Å². The van der Waals surface area contributed by atoms with Crippen molar-refractivity contribution in [3.8, 4) is 0 Å². The fourth-order valence-corrected chi connectivity index (χ4v) is 2.66. The summed E-state index contributed by atoms with van der Waals surface area (Å²) < 4.78 is 37.9. The van der Waals surface area contributed by atoms with Crippen LogP contribution >= 0.6 is 0 Å². The Morgan fingerprint density at radius 2 is 2.00 bits per heavy atom. The standard InChI is InChI=1S/C15H19F3N2/c1-11-4-2-3-5-13(11)14(10-19)20-8-6-12(7-9-20)15(16,17)18/h2-6,14H,7-10,19H2,1H3. The lowest BCUT2D eigenvalue weighted by Gasteiger charge is -2.34. The highest BCUT2D eigenvalue weighted by Crippen LogP contribution is 2.33. The Morgan fingerprint density at radius 1 is 1.30 bits per heavy atom. The number of nitrogens with zero attached hydrogens (tertiary/aromatic N) is 1. The molecule has 1 aromatic carbocycles. The first-order valence-electron chi connectivity index (χ1n) is 6.69. The average molecular weight is 284 g/mol. The Hall–Kier alpha value is -1.33. The van der Waals surface area contributed by atoms with Crippen LogP contribution in [-0.2, 0) is 0 Å². The molecule has 0 radical (unpaired) electrons. The lowest BCUT2D eigenvalue weighted by molar-refractivity contribution is -0.0964. The number of halogens is 3. The van der Waals surface area contributed by atoms with E-state index in [1.807, 2.05) is 36.1 Å². The number of rotatable bonds is 3. The van der Waals surface area contributed by atoms with Crippen LogP contribution in [0, 0.1) is 6.92 Å². The summed E-state index contributed by atoms with van der Waals surface area (Å²) in [5, 5.41) is 0. The molecule has 0 saturated heterocycles. The minimum absolute atomic E-state index is 0.0257. The van der Waals surface area contributed by atoms with E-state index >= 15 is 0 Å². The summed E-state index contributed by atoms with van der Waals surface area (Å²) in [6.07, 6.45) is -2.89. The van der Waals surface area contributed by atoms with Crippen molar-refractivity contribution in [2.75, 3.05) is 19.6 Å². The van der Waals surface area contributed by atoms with Gasteiger partial charge in [0.25, 0.3) is 0 Å². The van der Waals surface area contributed by atoms with E-state index in [1.54, 1.807) is 0 Å². The molecule has 1 aliphatic rings. The zero-order chi connectivity index (χ0) is 14.8. The highest BCUT2D eigenvalue weighted by molar-refractivity contribution is 5.29. The lowest BCUT2D eigenvalue weighted by atomic mass is 9.97. The zero-order valence-corrected chi connectivity index (χ0v) is 11.5. The fraction of sp³-hybridized carbons (Fsp3) is 0.467. The molecule has 0 fully saturated rings. The molecular formula is C15H19F3N2. The second-order valence-corrected chi connectivity index (χ2v) is 5.08. The van der Waals surface area contributed by atoms with Gasteiger partial charge < -0.3 is 5.73 Å². The molecule has 20 heavy (non-hydrogen) atoms. The van der Waals surface area contributed by atoms with Gasteiger partial charge in [-0.25, -0.2) is 0 Å².